The van der Waals surface area contributed by atoms with Gasteiger partial charge in [-0.15, -0.1) is 0 Å². The zero-order valence-electron chi connectivity index (χ0n) is 14.3. The van der Waals surface area contributed by atoms with Crippen molar-refractivity contribution in [2.24, 2.45) is 0 Å². The van der Waals surface area contributed by atoms with Gasteiger partial charge in [0.25, 0.3) is 0 Å². The Morgan fingerprint density at radius 2 is 1.88 bits per heavy atom. The van der Waals surface area contributed by atoms with Gasteiger partial charge >= 0.3 is 0 Å². The Bertz CT molecular complexity index is 804. The summed E-state index contributed by atoms with van der Waals surface area (Å²) in [4.78, 5) is 2.50. The summed E-state index contributed by atoms with van der Waals surface area (Å²) in [6.45, 7) is 5.64. The van der Waals surface area contributed by atoms with Crippen LogP contribution < -0.4 is 4.90 Å². The van der Waals surface area contributed by atoms with Crippen LogP contribution in [0.25, 0.3) is 0 Å². The first-order valence-corrected chi connectivity index (χ1v) is 9.57. The highest BCUT2D eigenvalue weighted by atomic mass is 32.2. The van der Waals surface area contributed by atoms with Crippen molar-refractivity contribution in [2.75, 3.05) is 25.0 Å². The number of sulfonamides is 1. The Labute approximate surface area is 143 Å². The monoisotopic (exact) mass is 349 g/mol. The van der Waals surface area contributed by atoms with Crippen LogP contribution in [0.3, 0.4) is 0 Å². The lowest BCUT2D eigenvalue weighted by Gasteiger charge is -2.24. The van der Waals surface area contributed by atoms with Crippen molar-refractivity contribution in [1.82, 2.24) is 9.46 Å². The molecule has 0 radical (unpaired) electrons. The number of benzene rings is 1. The van der Waals surface area contributed by atoms with Gasteiger partial charge in [0, 0.05) is 32.4 Å². The summed E-state index contributed by atoms with van der Waals surface area (Å²) in [5, 5.41) is 3.76. The lowest BCUT2D eigenvalue weighted by Crippen LogP contribution is -2.28. The molecule has 1 aliphatic rings. The maximum Gasteiger partial charge on any atom is 0.248 e. The van der Waals surface area contributed by atoms with E-state index < -0.39 is 10.0 Å². The van der Waals surface area contributed by atoms with Crippen molar-refractivity contribution in [3.63, 3.8) is 0 Å². The Morgan fingerprint density at radius 1 is 1.21 bits per heavy atom. The highest BCUT2D eigenvalue weighted by molar-refractivity contribution is 7.89. The highest BCUT2D eigenvalue weighted by Crippen LogP contribution is 2.28. The van der Waals surface area contributed by atoms with Gasteiger partial charge in [-0.2, -0.15) is 4.31 Å². The summed E-state index contributed by atoms with van der Waals surface area (Å²) in [6.07, 6.45) is 2.36. The number of para-hydroxylation sites is 1. The molecule has 7 heteroatoms. The summed E-state index contributed by atoms with van der Waals surface area (Å²) in [6, 6.07) is 8.01. The molecule has 6 nitrogen and oxygen atoms in total. The Balaban J connectivity index is 1.89. The minimum Gasteiger partial charge on any atom is -0.371 e. The van der Waals surface area contributed by atoms with E-state index in [9.17, 15) is 8.42 Å². The molecule has 24 heavy (non-hydrogen) atoms. The third-order valence-corrected chi connectivity index (χ3v) is 6.52. The number of aromatic nitrogens is 1. The minimum absolute atomic E-state index is 0.170. The van der Waals surface area contributed by atoms with Crippen molar-refractivity contribution in [3.8, 4) is 0 Å². The van der Waals surface area contributed by atoms with Crippen molar-refractivity contribution in [2.45, 2.75) is 38.1 Å². The lowest BCUT2D eigenvalue weighted by atomic mass is 10.1. The fourth-order valence-electron chi connectivity index (χ4n) is 3.23. The summed E-state index contributed by atoms with van der Waals surface area (Å²) < 4.78 is 32.2. The van der Waals surface area contributed by atoms with Crippen LogP contribution in [0.4, 0.5) is 5.69 Å². The zero-order chi connectivity index (χ0) is 17.3. The molecule has 3 rings (SSSR count). The van der Waals surface area contributed by atoms with E-state index in [4.69, 9.17) is 4.52 Å². The number of anilines is 1. The zero-order valence-corrected chi connectivity index (χ0v) is 15.1. The first-order chi connectivity index (χ1) is 11.4. The van der Waals surface area contributed by atoms with Crippen LogP contribution in [0.15, 0.2) is 33.7 Å². The fourth-order valence-corrected chi connectivity index (χ4v) is 4.67. The van der Waals surface area contributed by atoms with Crippen molar-refractivity contribution in [1.29, 1.82) is 0 Å². The second kappa shape index (κ2) is 6.57. The summed E-state index contributed by atoms with van der Waals surface area (Å²) in [5.41, 5.74) is 2.53. The molecule has 0 unspecified atom stereocenters. The number of aryl methyl sites for hydroxylation is 2. The second-order valence-corrected chi connectivity index (χ2v) is 8.22. The van der Waals surface area contributed by atoms with Crippen LogP contribution in [-0.2, 0) is 16.6 Å². The molecular formula is C17H23N3O3S. The van der Waals surface area contributed by atoms with Crippen LogP contribution in [0, 0.1) is 13.8 Å². The number of hydrogen-bond acceptors (Lipinski definition) is 5. The van der Waals surface area contributed by atoms with Crippen molar-refractivity contribution >= 4 is 15.7 Å². The van der Waals surface area contributed by atoms with E-state index in [2.05, 4.69) is 16.1 Å². The molecule has 130 valence electrons. The summed E-state index contributed by atoms with van der Waals surface area (Å²) >= 11 is 0. The first kappa shape index (κ1) is 17.0. The van der Waals surface area contributed by atoms with E-state index in [0.717, 1.165) is 24.3 Å². The Kier molecular flexibility index (Phi) is 4.64. The standard InChI is InChI=1S/C17H23N3O3S/c1-13-17(14(2)23-18-13)24(21,22)19(3)12-15-8-4-5-9-16(15)20-10-6-7-11-20/h4-5,8-9H,6-7,10-12H2,1-3H3. The van der Waals surface area contributed by atoms with Crippen LogP contribution in [0.5, 0.6) is 0 Å². The maximum atomic E-state index is 12.9. The van der Waals surface area contributed by atoms with Crippen LogP contribution in [0.1, 0.15) is 29.9 Å². The van der Waals surface area contributed by atoms with E-state index in [1.807, 2.05) is 18.2 Å². The smallest absolute Gasteiger partial charge is 0.248 e. The van der Waals surface area contributed by atoms with Gasteiger partial charge < -0.3 is 9.42 Å². The van der Waals surface area contributed by atoms with E-state index in [0.29, 0.717) is 18.0 Å². The van der Waals surface area contributed by atoms with Crippen molar-refractivity contribution < 1.29 is 12.9 Å². The molecule has 1 fully saturated rings. The van der Waals surface area contributed by atoms with E-state index >= 15 is 0 Å². The third-order valence-electron chi connectivity index (χ3n) is 4.47. The molecule has 1 aromatic carbocycles. The number of rotatable bonds is 5. The van der Waals surface area contributed by atoms with Crippen LogP contribution >= 0.6 is 0 Å². The molecule has 1 aliphatic heterocycles. The predicted octanol–water partition coefficient (Wildman–Crippen LogP) is 2.71. The van der Waals surface area contributed by atoms with Crippen LogP contribution in [0.2, 0.25) is 0 Å². The molecule has 0 saturated carbocycles. The van der Waals surface area contributed by atoms with Gasteiger partial charge in [0.05, 0.1) is 0 Å². The van der Waals surface area contributed by atoms with Crippen LogP contribution in [-0.4, -0.2) is 38.0 Å². The Morgan fingerprint density at radius 3 is 2.50 bits per heavy atom. The molecule has 0 N–H and O–H groups in total. The number of hydrogen-bond donors (Lipinski definition) is 0. The SMILES string of the molecule is Cc1noc(C)c1S(=O)(=O)N(C)Cc1ccccc1N1CCCC1. The van der Waals surface area contributed by atoms with Gasteiger partial charge in [-0.05, 0) is 38.3 Å². The average Bonchev–Trinajstić information content (AvgIpc) is 3.18. The molecular weight excluding hydrogens is 326 g/mol. The normalized spacial score (nSPS) is 15.4. The second-order valence-electron chi connectivity index (χ2n) is 6.24. The van der Waals surface area contributed by atoms with E-state index in [1.54, 1.807) is 20.9 Å². The summed E-state index contributed by atoms with van der Waals surface area (Å²) in [7, 11) is -2.04. The quantitative estimate of drug-likeness (QED) is 0.830. The van der Waals surface area contributed by atoms with Gasteiger partial charge in [0.15, 0.2) is 5.76 Å². The third kappa shape index (κ3) is 3.06. The van der Waals surface area contributed by atoms with Gasteiger partial charge in [-0.1, -0.05) is 23.4 Å². The van der Waals surface area contributed by atoms with Gasteiger partial charge in [0.2, 0.25) is 10.0 Å². The van der Waals surface area contributed by atoms with Gasteiger partial charge in [-0.3, -0.25) is 0 Å². The maximum absolute atomic E-state index is 12.9. The molecule has 0 aliphatic carbocycles. The largest absolute Gasteiger partial charge is 0.371 e. The molecule has 1 aromatic heterocycles. The lowest BCUT2D eigenvalue weighted by molar-refractivity contribution is 0.389. The van der Waals surface area contributed by atoms with E-state index in [-0.39, 0.29) is 4.90 Å². The molecule has 1 saturated heterocycles. The molecule has 2 heterocycles. The van der Waals surface area contributed by atoms with Crippen molar-refractivity contribution in [3.05, 3.63) is 41.3 Å². The Hall–Kier alpha value is -1.86. The topological polar surface area (TPSA) is 66.7 Å². The minimum atomic E-state index is -3.64. The molecule has 0 bridgehead atoms. The molecule has 0 spiro atoms. The molecule has 2 aromatic rings. The highest BCUT2D eigenvalue weighted by Gasteiger charge is 2.29. The predicted molar refractivity (Wildman–Crippen MR) is 92.5 cm³/mol. The molecule has 0 atom stereocenters. The van der Waals surface area contributed by atoms with Gasteiger partial charge in [-0.25, -0.2) is 8.42 Å². The fraction of sp³-hybridized carbons (Fsp3) is 0.471. The summed E-state index contributed by atoms with van der Waals surface area (Å²) in [5.74, 6) is 0.326. The van der Waals surface area contributed by atoms with E-state index in [1.165, 1.54) is 17.1 Å². The average molecular weight is 349 g/mol. The number of nitrogens with zero attached hydrogens (tertiary/aromatic N) is 3. The first-order valence-electron chi connectivity index (χ1n) is 8.13. The van der Waals surface area contributed by atoms with Gasteiger partial charge in [0.1, 0.15) is 10.6 Å². The molecule has 0 amide bonds.